The van der Waals surface area contributed by atoms with Crippen molar-refractivity contribution in [1.29, 1.82) is 0 Å². The van der Waals surface area contributed by atoms with Crippen molar-refractivity contribution in [3.8, 4) is 11.1 Å². The summed E-state index contributed by atoms with van der Waals surface area (Å²) in [6.45, 7) is 19.8. The quantitative estimate of drug-likeness (QED) is 0.124. The maximum absolute atomic E-state index is 5.77. The molecule has 54 heavy (non-hydrogen) atoms. The van der Waals surface area contributed by atoms with Gasteiger partial charge in [-0.1, -0.05) is 89.5 Å². The van der Waals surface area contributed by atoms with Crippen molar-refractivity contribution < 1.29 is 13.3 Å². The van der Waals surface area contributed by atoms with E-state index in [0.29, 0.717) is 0 Å². The minimum absolute atomic E-state index is 0.911. The van der Waals surface area contributed by atoms with Gasteiger partial charge in [-0.2, -0.15) is 0 Å². The van der Waals surface area contributed by atoms with Gasteiger partial charge in [0.1, 0.15) is 0 Å². The monoisotopic (exact) mass is 734 g/mol. The van der Waals surface area contributed by atoms with E-state index in [1.807, 2.05) is 0 Å². The van der Waals surface area contributed by atoms with E-state index in [2.05, 4.69) is 181 Å². The molecule has 278 valence electrons. The molecule has 0 radical (unpaired) electrons. The summed E-state index contributed by atoms with van der Waals surface area (Å²) in [4.78, 5) is 4.79. The Bertz CT molecular complexity index is 2140. The van der Waals surface area contributed by atoms with E-state index in [1.54, 1.807) is 21.3 Å². The van der Waals surface area contributed by atoms with Gasteiger partial charge in [0.15, 0.2) is 0 Å². The number of rotatable bonds is 11. The van der Waals surface area contributed by atoms with Crippen LogP contribution in [-0.4, -0.2) is 30.1 Å². The van der Waals surface area contributed by atoms with Gasteiger partial charge in [0.25, 0.3) is 0 Å². The second-order valence-electron chi connectivity index (χ2n) is 14.7. The topological polar surface area (TPSA) is 34.2 Å². The van der Waals surface area contributed by atoms with Crippen LogP contribution in [0.4, 0.5) is 34.1 Å². The summed E-state index contributed by atoms with van der Waals surface area (Å²) in [6, 6.07) is 39.9. The molecule has 5 nitrogen and oxygen atoms in total. The minimum Gasteiger partial charge on any atom is -0.373 e. The first kappa shape index (κ1) is 38.7. The van der Waals surface area contributed by atoms with Crippen molar-refractivity contribution in [1.82, 2.24) is 0 Å². The molecule has 6 aromatic carbocycles. The molecule has 6 aromatic rings. The number of hydrogen-bond acceptors (Lipinski definition) is 5. The Hall–Kier alpha value is -4.98. The van der Waals surface area contributed by atoms with Crippen LogP contribution in [0.15, 0.2) is 109 Å². The first-order valence-electron chi connectivity index (χ1n) is 18.6. The van der Waals surface area contributed by atoms with Crippen LogP contribution < -0.4 is 15.0 Å². The van der Waals surface area contributed by atoms with Crippen LogP contribution in [0.5, 0.6) is 0 Å². The summed E-state index contributed by atoms with van der Waals surface area (Å²) in [6.07, 6.45) is 0. The number of benzene rings is 6. The first-order chi connectivity index (χ1) is 25.8. The molecule has 0 fully saturated rings. The lowest BCUT2D eigenvalue weighted by Gasteiger charge is -2.32. The van der Waals surface area contributed by atoms with Crippen molar-refractivity contribution >= 4 is 48.1 Å². The molecule has 6 rings (SSSR count). The molecule has 0 N–H and O–H groups in total. The van der Waals surface area contributed by atoms with Gasteiger partial charge in [-0.25, -0.2) is 0 Å². The van der Waals surface area contributed by atoms with Crippen LogP contribution in [0.3, 0.4) is 0 Å². The van der Waals surface area contributed by atoms with Crippen LogP contribution in [0.1, 0.15) is 50.1 Å². The Kier molecular flexibility index (Phi) is 11.3. The predicted octanol–water partition coefficient (Wildman–Crippen LogP) is 12.2. The highest BCUT2D eigenvalue weighted by Gasteiger charge is 2.40. The SMILES string of the molecule is CO[Si](OC)(OC)c1ccc(N(c2ccc(-c3ccc(N(c4c(C)cc(C)cc4C)c4c(C)cc(C)cc4C)cc3)cc2)c2c(C)cc(C)cc2C)cc1. The highest BCUT2D eigenvalue weighted by molar-refractivity contribution is 6.75. The highest BCUT2D eigenvalue weighted by atomic mass is 28.4. The van der Waals surface area contributed by atoms with Crippen LogP contribution in [0, 0.1) is 62.3 Å². The zero-order valence-electron chi connectivity index (χ0n) is 34.0. The van der Waals surface area contributed by atoms with Crippen molar-refractivity contribution in [2.45, 2.75) is 62.3 Å². The molecular weight excluding hydrogens is 681 g/mol. The van der Waals surface area contributed by atoms with Crippen molar-refractivity contribution in [3.05, 3.63) is 159 Å². The Morgan fingerprint density at radius 2 is 0.611 bits per heavy atom. The van der Waals surface area contributed by atoms with E-state index >= 15 is 0 Å². The summed E-state index contributed by atoms with van der Waals surface area (Å²) in [5, 5.41) is 0.911. The third kappa shape index (κ3) is 7.40. The predicted molar refractivity (Wildman–Crippen MR) is 230 cm³/mol. The second kappa shape index (κ2) is 15.8. The summed E-state index contributed by atoms with van der Waals surface area (Å²) in [5.41, 5.74) is 20.5. The van der Waals surface area contributed by atoms with Crippen LogP contribution in [-0.2, 0) is 13.3 Å². The summed E-state index contributed by atoms with van der Waals surface area (Å²) in [5.74, 6) is 0. The summed E-state index contributed by atoms with van der Waals surface area (Å²) >= 11 is 0. The largest absolute Gasteiger partial charge is 0.536 e. The average molecular weight is 735 g/mol. The molecule has 0 saturated carbocycles. The molecule has 0 spiro atoms. The molecule has 0 aliphatic rings. The average Bonchev–Trinajstić information content (AvgIpc) is 3.13. The van der Waals surface area contributed by atoms with Gasteiger partial charge in [0, 0.05) is 43.6 Å². The fourth-order valence-corrected chi connectivity index (χ4v) is 10.2. The Morgan fingerprint density at radius 1 is 0.352 bits per heavy atom. The van der Waals surface area contributed by atoms with Crippen LogP contribution >= 0.6 is 0 Å². The van der Waals surface area contributed by atoms with Gasteiger partial charge in [0.2, 0.25) is 0 Å². The molecule has 0 aromatic heterocycles. The minimum atomic E-state index is -2.97. The summed E-state index contributed by atoms with van der Waals surface area (Å²) < 4.78 is 17.3. The molecule has 0 amide bonds. The van der Waals surface area contributed by atoms with E-state index < -0.39 is 8.80 Å². The van der Waals surface area contributed by atoms with Crippen molar-refractivity contribution in [3.63, 3.8) is 0 Å². The lowest BCUT2D eigenvalue weighted by molar-refractivity contribution is 0.140. The van der Waals surface area contributed by atoms with Crippen LogP contribution in [0.2, 0.25) is 0 Å². The lowest BCUT2D eigenvalue weighted by atomic mass is 9.98. The maximum atomic E-state index is 5.77. The standard InChI is InChI=1S/C48H54N2O3Si/c1-31-25-34(4)46(35(5)26-31)49(43-21-23-45(24-22-43)54(51-10,52-11)53-12)42-17-13-40(14-18-42)41-15-19-44(20-16-41)50(47-36(6)27-32(2)28-37(47)7)48-38(8)29-33(3)30-39(48)9/h13-30H,1-12H3. The lowest BCUT2D eigenvalue weighted by Crippen LogP contribution is -2.54. The van der Waals surface area contributed by atoms with E-state index in [9.17, 15) is 0 Å². The van der Waals surface area contributed by atoms with Gasteiger partial charge in [-0.15, -0.1) is 0 Å². The van der Waals surface area contributed by atoms with Gasteiger partial charge < -0.3 is 23.1 Å². The Balaban J connectivity index is 1.40. The van der Waals surface area contributed by atoms with E-state index in [-0.39, 0.29) is 0 Å². The van der Waals surface area contributed by atoms with Gasteiger partial charge in [-0.3, -0.25) is 0 Å². The molecule has 0 bridgehead atoms. The number of nitrogens with zero attached hydrogens (tertiary/aromatic N) is 2. The van der Waals surface area contributed by atoms with E-state index in [4.69, 9.17) is 13.3 Å². The summed E-state index contributed by atoms with van der Waals surface area (Å²) in [7, 11) is 1.95. The fraction of sp³-hybridized carbons (Fsp3) is 0.250. The third-order valence-corrected chi connectivity index (χ3v) is 13.1. The molecule has 0 heterocycles. The van der Waals surface area contributed by atoms with Crippen LogP contribution in [0.25, 0.3) is 11.1 Å². The second-order valence-corrected chi connectivity index (χ2v) is 17.6. The van der Waals surface area contributed by atoms with Gasteiger partial charge in [-0.05, 0) is 143 Å². The molecular formula is C48H54N2O3Si. The Morgan fingerprint density at radius 3 is 0.907 bits per heavy atom. The van der Waals surface area contributed by atoms with E-state index in [0.717, 1.165) is 27.8 Å². The zero-order valence-corrected chi connectivity index (χ0v) is 35.0. The zero-order chi connectivity index (χ0) is 38.9. The highest BCUT2D eigenvalue weighted by Crippen LogP contribution is 2.44. The number of aryl methyl sites for hydroxylation is 9. The molecule has 0 saturated heterocycles. The fourth-order valence-electron chi connectivity index (χ4n) is 8.38. The number of anilines is 6. The van der Waals surface area contributed by atoms with Gasteiger partial charge in [0.05, 0.1) is 17.1 Å². The van der Waals surface area contributed by atoms with E-state index in [1.165, 1.54) is 72.7 Å². The molecule has 0 aliphatic carbocycles. The number of hydrogen-bond donors (Lipinski definition) is 0. The maximum Gasteiger partial charge on any atom is 0.536 e. The molecule has 0 unspecified atom stereocenters. The van der Waals surface area contributed by atoms with Gasteiger partial charge >= 0.3 is 8.80 Å². The molecule has 0 aliphatic heterocycles. The first-order valence-corrected chi connectivity index (χ1v) is 20.3. The normalized spacial score (nSPS) is 11.6. The smallest absolute Gasteiger partial charge is 0.373 e. The van der Waals surface area contributed by atoms with Crippen molar-refractivity contribution in [2.24, 2.45) is 0 Å². The molecule has 6 heteroatoms. The molecule has 0 atom stereocenters. The third-order valence-electron chi connectivity index (χ3n) is 10.4. The van der Waals surface area contributed by atoms with Crippen molar-refractivity contribution in [2.75, 3.05) is 31.1 Å². The Labute approximate surface area is 324 Å².